The Bertz CT molecular complexity index is 652. The molecule has 1 heterocycles. The van der Waals surface area contributed by atoms with Gasteiger partial charge in [-0.25, -0.2) is 4.99 Å². The summed E-state index contributed by atoms with van der Waals surface area (Å²) < 4.78 is 10.9. The number of methoxy groups -OCH3 is 1. The van der Waals surface area contributed by atoms with Gasteiger partial charge in [0.1, 0.15) is 6.54 Å². The van der Waals surface area contributed by atoms with E-state index in [1.165, 1.54) is 0 Å². The molecule has 2 rings (SSSR count). The Morgan fingerprint density at radius 3 is 2.60 bits per heavy atom. The van der Waals surface area contributed by atoms with Crippen LogP contribution in [0.2, 0.25) is 0 Å². The van der Waals surface area contributed by atoms with E-state index in [0.717, 1.165) is 29.5 Å². The molecule has 0 fully saturated rings. The van der Waals surface area contributed by atoms with Gasteiger partial charge in [0.2, 0.25) is 0 Å². The number of rotatable bonds is 8. The van der Waals surface area contributed by atoms with Gasteiger partial charge in [-0.2, -0.15) is 0 Å². The zero-order chi connectivity index (χ0) is 18.1. The van der Waals surface area contributed by atoms with Crippen LogP contribution in [0.15, 0.2) is 45.9 Å². The Morgan fingerprint density at radius 1 is 1.24 bits per heavy atom. The average molecular weight is 344 g/mol. The lowest BCUT2D eigenvalue weighted by Gasteiger charge is -2.18. The summed E-state index contributed by atoms with van der Waals surface area (Å²) in [7, 11) is 1.71. The van der Waals surface area contributed by atoms with Gasteiger partial charge in [-0.3, -0.25) is 0 Å². The van der Waals surface area contributed by atoms with E-state index in [1.54, 1.807) is 7.11 Å². The highest BCUT2D eigenvalue weighted by atomic mass is 16.5. The number of aliphatic imine (C=N–C) groups is 1. The maximum Gasteiger partial charge on any atom is 0.191 e. The number of hydrogen-bond donors (Lipinski definition) is 2. The van der Waals surface area contributed by atoms with Crippen LogP contribution in [0.1, 0.15) is 49.8 Å². The minimum atomic E-state index is -0.0390. The molecule has 1 aromatic carbocycles. The Balaban J connectivity index is 1.96. The van der Waals surface area contributed by atoms with Crippen molar-refractivity contribution in [1.29, 1.82) is 0 Å². The van der Waals surface area contributed by atoms with Crippen molar-refractivity contribution in [2.24, 2.45) is 4.99 Å². The predicted octanol–water partition coefficient (Wildman–Crippen LogP) is 3.24. The third kappa shape index (κ3) is 5.90. The second-order valence-corrected chi connectivity index (χ2v) is 6.08. The van der Waals surface area contributed by atoms with Gasteiger partial charge in [0.05, 0.1) is 11.8 Å². The van der Waals surface area contributed by atoms with Crippen LogP contribution >= 0.6 is 0 Å². The fourth-order valence-corrected chi connectivity index (χ4v) is 2.37. The number of ether oxygens (including phenoxy) is 1. The molecular weight excluding hydrogens is 316 g/mol. The van der Waals surface area contributed by atoms with Crippen LogP contribution in [-0.2, 0) is 11.3 Å². The SMILES string of the molecule is CCNC(=NCc1cc(C(C)C)no1)NCC(OC)c1ccccc1. The smallest absolute Gasteiger partial charge is 0.191 e. The van der Waals surface area contributed by atoms with E-state index in [-0.39, 0.29) is 6.10 Å². The molecule has 1 aromatic heterocycles. The van der Waals surface area contributed by atoms with E-state index in [2.05, 4.69) is 46.8 Å². The molecule has 2 N–H and O–H groups in total. The minimum Gasteiger partial charge on any atom is -0.375 e. The quantitative estimate of drug-likeness (QED) is 0.568. The lowest BCUT2D eigenvalue weighted by Crippen LogP contribution is -2.39. The van der Waals surface area contributed by atoms with Crippen molar-refractivity contribution in [2.75, 3.05) is 20.2 Å². The van der Waals surface area contributed by atoms with Crippen LogP contribution < -0.4 is 10.6 Å². The maximum absolute atomic E-state index is 5.58. The third-order valence-electron chi connectivity index (χ3n) is 3.82. The highest BCUT2D eigenvalue weighted by Crippen LogP contribution is 2.15. The fourth-order valence-electron chi connectivity index (χ4n) is 2.37. The molecule has 0 aliphatic heterocycles. The Labute approximate surface area is 149 Å². The van der Waals surface area contributed by atoms with Gasteiger partial charge in [-0.15, -0.1) is 0 Å². The first kappa shape index (κ1) is 19.0. The summed E-state index contributed by atoms with van der Waals surface area (Å²) in [5, 5.41) is 10.6. The first-order valence-corrected chi connectivity index (χ1v) is 8.69. The summed E-state index contributed by atoms with van der Waals surface area (Å²) in [4.78, 5) is 4.56. The standard InChI is InChI=1S/C19H28N4O2/c1-5-20-19(21-12-16-11-17(14(2)3)23-25-16)22-13-18(24-4)15-9-7-6-8-10-15/h6-11,14,18H,5,12-13H2,1-4H3,(H2,20,21,22). The van der Waals surface area contributed by atoms with Crippen molar-refractivity contribution in [3.8, 4) is 0 Å². The molecule has 25 heavy (non-hydrogen) atoms. The van der Waals surface area contributed by atoms with Crippen molar-refractivity contribution in [3.05, 3.63) is 53.4 Å². The fraction of sp³-hybridized carbons (Fsp3) is 0.474. The van der Waals surface area contributed by atoms with Crippen LogP contribution in [0.3, 0.4) is 0 Å². The van der Waals surface area contributed by atoms with Crippen LogP contribution in [0.4, 0.5) is 0 Å². The van der Waals surface area contributed by atoms with Crippen LogP contribution in [0.5, 0.6) is 0 Å². The molecule has 0 aliphatic carbocycles. The molecule has 0 radical (unpaired) electrons. The Hall–Kier alpha value is -2.34. The first-order valence-electron chi connectivity index (χ1n) is 8.69. The topological polar surface area (TPSA) is 71.7 Å². The van der Waals surface area contributed by atoms with Crippen molar-refractivity contribution >= 4 is 5.96 Å². The number of aromatic nitrogens is 1. The maximum atomic E-state index is 5.58. The van der Waals surface area contributed by atoms with E-state index in [4.69, 9.17) is 9.26 Å². The van der Waals surface area contributed by atoms with Gasteiger partial charge in [0, 0.05) is 26.3 Å². The molecule has 0 aliphatic rings. The molecule has 0 saturated heterocycles. The van der Waals surface area contributed by atoms with Crippen LogP contribution in [0, 0.1) is 0 Å². The lowest BCUT2D eigenvalue weighted by molar-refractivity contribution is 0.106. The molecule has 0 amide bonds. The monoisotopic (exact) mass is 344 g/mol. The third-order valence-corrected chi connectivity index (χ3v) is 3.82. The van der Waals surface area contributed by atoms with Gasteiger partial charge < -0.3 is 19.9 Å². The number of nitrogens with zero attached hydrogens (tertiary/aromatic N) is 2. The predicted molar refractivity (Wildman–Crippen MR) is 99.6 cm³/mol. The van der Waals surface area contributed by atoms with Gasteiger partial charge in [0.15, 0.2) is 11.7 Å². The number of hydrogen-bond acceptors (Lipinski definition) is 4. The van der Waals surface area contributed by atoms with Gasteiger partial charge >= 0.3 is 0 Å². The Morgan fingerprint density at radius 2 is 2.00 bits per heavy atom. The molecular formula is C19H28N4O2. The minimum absolute atomic E-state index is 0.0390. The number of nitrogens with one attached hydrogen (secondary N) is 2. The van der Waals surface area contributed by atoms with E-state index in [9.17, 15) is 0 Å². The van der Waals surface area contributed by atoms with Crippen molar-refractivity contribution in [3.63, 3.8) is 0 Å². The van der Waals surface area contributed by atoms with Gasteiger partial charge in [-0.05, 0) is 18.4 Å². The number of guanidine groups is 1. The van der Waals surface area contributed by atoms with Crippen LogP contribution in [0.25, 0.3) is 0 Å². The summed E-state index contributed by atoms with van der Waals surface area (Å²) in [6.45, 7) is 8.06. The summed E-state index contributed by atoms with van der Waals surface area (Å²) >= 11 is 0. The molecule has 0 spiro atoms. The van der Waals surface area contributed by atoms with Crippen LogP contribution in [-0.4, -0.2) is 31.3 Å². The molecule has 0 bridgehead atoms. The second kappa shape index (κ2) is 9.84. The molecule has 136 valence electrons. The highest BCUT2D eigenvalue weighted by molar-refractivity contribution is 5.79. The van der Waals surface area contributed by atoms with Gasteiger partial charge in [-0.1, -0.05) is 49.3 Å². The summed E-state index contributed by atoms with van der Waals surface area (Å²) in [5.74, 6) is 1.83. The van der Waals surface area contributed by atoms with E-state index >= 15 is 0 Å². The summed E-state index contributed by atoms with van der Waals surface area (Å²) in [5.41, 5.74) is 2.08. The Kier molecular flexibility index (Phi) is 7.47. The number of benzene rings is 1. The normalized spacial score (nSPS) is 13.1. The summed E-state index contributed by atoms with van der Waals surface area (Å²) in [6, 6.07) is 12.1. The second-order valence-electron chi connectivity index (χ2n) is 6.08. The van der Waals surface area contributed by atoms with E-state index in [0.29, 0.717) is 19.0 Å². The van der Waals surface area contributed by atoms with E-state index in [1.807, 2.05) is 31.2 Å². The highest BCUT2D eigenvalue weighted by Gasteiger charge is 2.11. The molecule has 2 aromatic rings. The molecule has 1 unspecified atom stereocenters. The van der Waals surface area contributed by atoms with Crippen molar-refractivity contribution in [2.45, 2.75) is 39.3 Å². The summed E-state index contributed by atoms with van der Waals surface area (Å²) in [6.07, 6.45) is -0.0390. The molecule has 0 saturated carbocycles. The molecule has 6 nitrogen and oxygen atoms in total. The van der Waals surface area contributed by atoms with E-state index < -0.39 is 0 Å². The zero-order valence-corrected chi connectivity index (χ0v) is 15.5. The van der Waals surface area contributed by atoms with Crippen molar-refractivity contribution in [1.82, 2.24) is 15.8 Å². The zero-order valence-electron chi connectivity index (χ0n) is 15.5. The lowest BCUT2D eigenvalue weighted by atomic mass is 10.1. The largest absolute Gasteiger partial charge is 0.375 e. The van der Waals surface area contributed by atoms with Crippen molar-refractivity contribution < 1.29 is 9.26 Å². The van der Waals surface area contributed by atoms with Gasteiger partial charge in [0.25, 0.3) is 0 Å². The molecule has 1 atom stereocenters. The molecule has 6 heteroatoms. The average Bonchev–Trinajstić information content (AvgIpc) is 3.10. The first-order chi connectivity index (χ1) is 12.1.